The second kappa shape index (κ2) is 10.0. The second-order valence-electron chi connectivity index (χ2n) is 8.79. The lowest BCUT2D eigenvalue weighted by Gasteiger charge is -2.20. The number of carbonyl (C=O) groups is 3. The first-order valence-corrected chi connectivity index (χ1v) is 11.8. The van der Waals surface area contributed by atoms with Gasteiger partial charge < -0.3 is 20.5 Å². The third kappa shape index (κ3) is 4.98. The van der Waals surface area contributed by atoms with Crippen LogP contribution in [0, 0.1) is 5.82 Å². The van der Waals surface area contributed by atoms with Crippen molar-refractivity contribution >= 4 is 40.0 Å². The quantitative estimate of drug-likeness (QED) is 0.363. The van der Waals surface area contributed by atoms with Gasteiger partial charge in [0, 0.05) is 53.4 Å². The normalized spacial score (nSPS) is 14.1. The molecule has 182 valence electrons. The number of amides is 3. The number of rotatable bonds is 7. The molecule has 4 aromatic rings. The molecule has 3 N–H and O–H groups in total. The van der Waals surface area contributed by atoms with Crippen molar-refractivity contribution in [2.45, 2.75) is 25.3 Å². The van der Waals surface area contributed by atoms with Crippen LogP contribution in [0.15, 0.2) is 79.0 Å². The van der Waals surface area contributed by atoms with Gasteiger partial charge in [-0.15, -0.1) is 0 Å². The van der Waals surface area contributed by atoms with Crippen LogP contribution in [0.1, 0.15) is 28.8 Å². The molecule has 8 heteroatoms. The maximum Gasteiger partial charge on any atom is 0.251 e. The van der Waals surface area contributed by atoms with Crippen LogP contribution in [0.2, 0.25) is 0 Å². The van der Waals surface area contributed by atoms with E-state index in [0.29, 0.717) is 18.7 Å². The van der Waals surface area contributed by atoms with Gasteiger partial charge in [-0.05, 0) is 60.5 Å². The predicted octanol–water partition coefficient (Wildman–Crippen LogP) is 4.41. The van der Waals surface area contributed by atoms with Gasteiger partial charge in [-0.25, -0.2) is 4.39 Å². The Bertz CT molecular complexity index is 1430. The third-order valence-electron chi connectivity index (χ3n) is 6.33. The van der Waals surface area contributed by atoms with Crippen LogP contribution in [-0.2, 0) is 16.0 Å². The fraction of sp³-hybridized carbons (Fsp3) is 0.179. The molecule has 0 radical (unpaired) electrons. The van der Waals surface area contributed by atoms with Crippen LogP contribution >= 0.6 is 0 Å². The van der Waals surface area contributed by atoms with Gasteiger partial charge in [0.25, 0.3) is 5.91 Å². The summed E-state index contributed by atoms with van der Waals surface area (Å²) in [5.41, 5.74) is 3.31. The summed E-state index contributed by atoms with van der Waals surface area (Å²) in [5, 5.41) is 6.65. The lowest BCUT2D eigenvalue weighted by molar-refractivity contribution is -0.118. The Morgan fingerprint density at radius 3 is 2.61 bits per heavy atom. The molecule has 5 rings (SSSR count). The summed E-state index contributed by atoms with van der Waals surface area (Å²) < 4.78 is 13.3. The summed E-state index contributed by atoms with van der Waals surface area (Å²) in [4.78, 5) is 43.4. The van der Waals surface area contributed by atoms with Crippen LogP contribution in [0.3, 0.4) is 0 Å². The minimum absolute atomic E-state index is 0.0576. The van der Waals surface area contributed by atoms with E-state index in [1.54, 1.807) is 23.1 Å². The third-order valence-corrected chi connectivity index (χ3v) is 6.33. The zero-order valence-corrected chi connectivity index (χ0v) is 19.5. The van der Waals surface area contributed by atoms with E-state index in [1.807, 2.05) is 36.5 Å². The van der Waals surface area contributed by atoms with E-state index in [1.165, 1.54) is 24.3 Å². The van der Waals surface area contributed by atoms with E-state index in [2.05, 4.69) is 15.6 Å². The second-order valence-corrected chi connectivity index (χ2v) is 8.79. The van der Waals surface area contributed by atoms with Crippen molar-refractivity contribution in [3.8, 4) is 0 Å². The Morgan fingerprint density at radius 2 is 1.83 bits per heavy atom. The number of nitrogens with zero attached hydrogens (tertiary/aromatic N) is 1. The molecule has 1 aliphatic rings. The average molecular weight is 485 g/mol. The highest BCUT2D eigenvalue weighted by molar-refractivity contribution is 6.02. The number of aromatic amines is 1. The van der Waals surface area contributed by atoms with E-state index in [-0.39, 0.29) is 17.9 Å². The largest absolute Gasteiger partial charge is 0.361 e. The number of H-pyrrole nitrogens is 1. The standard InChI is InChI=1S/C28H25FN4O3/c29-20-12-10-18(11-13-20)27(35)32-25(15-19-17-30-24-8-2-1-7-23(19)24)28(36)31-21-5-3-6-22(16-21)33-14-4-9-26(33)34/h1-3,5-8,10-13,16-17,25,30H,4,9,14-15H2,(H,31,36)(H,32,35)/t25-/m1/s1. The van der Waals surface area contributed by atoms with Crippen molar-refractivity contribution in [3.63, 3.8) is 0 Å². The van der Waals surface area contributed by atoms with E-state index < -0.39 is 23.7 Å². The van der Waals surface area contributed by atoms with E-state index >= 15 is 0 Å². The molecule has 36 heavy (non-hydrogen) atoms. The van der Waals surface area contributed by atoms with Crippen LogP contribution in [-0.4, -0.2) is 35.3 Å². The molecular weight excluding hydrogens is 459 g/mol. The molecule has 1 atom stereocenters. The molecule has 0 aliphatic carbocycles. The van der Waals surface area contributed by atoms with Crippen molar-refractivity contribution in [1.82, 2.24) is 10.3 Å². The van der Waals surface area contributed by atoms with Gasteiger partial charge >= 0.3 is 0 Å². The zero-order chi connectivity index (χ0) is 25.1. The van der Waals surface area contributed by atoms with E-state index in [0.717, 1.165) is 28.6 Å². The van der Waals surface area contributed by atoms with Crippen molar-refractivity contribution in [2.75, 3.05) is 16.8 Å². The number of benzene rings is 3. The lowest BCUT2D eigenvalue weighted by Crippen LogP contribution is -2.45. The lowest BCUT2D eigenvalue weighted by atomic mass is 10.0. The topological polar surface area (TPSA) is 94.3 Å². The van der Waals surface area contributed by atoms with Crippen LogP contribution in [0.25, 0.3) is 10.9 Å². The molecular formula is C28H25FN4O3. The van der Waals surface area contributed by atoms with Crippen molar-refractivity contribution < 1.29 is 18.8 Å². The minimum Gasteiger partial charge on any atom is -0.361 e. The maximum absolute atomic E-state index is 13.4. The SMILES string of the molecule is O=C(N[C@H](Cc1c[nH]c2ccccc12)C(=O)Nc1cccc(N2CCCC2=O)c1)c1ccc(F)cc1. The monoisotopic (exact) mass is 484 g/mol. The zero-order valence-electron chi connectivity index (χ0n) is 19.5. The van der Waals surface area contributed by atoms with Crippen molar-refractivity contribution in [3.05, 3.63) is 95.9 Å². The molecule has 2 heterocycles. The fourth-order valence-corrected chi connectivity index (χ4v) is 4.47. The number of hydrogen-bond donors (Lipinski definition) is 3. The first-order valence-electron chi connectivity index (χ1n) is 11.8. The van der Waals surface area contributed by atoms with Gasteiger partial charge in [0.15, 0.2) is 0 Å². The molecule has 0 saturated carbocycles. The number of aromatic nitrogens is 1. The number of fused-ring (bicyclic) bond motifs is 1. The molecule has 7 nitrogen and oxygen atoms in total. The molecule has 3 amide bonds. The highest BCUT2D eigenvalue weighted by atomic mass is 19.1. The van der Waals surface area contributed by atoms with Crippen LogP contribution in [0.5, 0.6) is 0 Å². The fourth-order valence-electron chi connectivity index (χ4n) is 4.47. The molecule has 1 saturated heterocycles. The Hall–Kier alpha value is -4.46. The van der Waals surface area contributed by atoms with Gasteiger partial charge in [-0.2, -0.15) is 0 Å². The molecule has 0 unspecified atom stereocenters. The number of halogens is 1. The molecule has 3 aromatic carbocycles. The summed E-state index contributed by atoms with van der Waals surface area (Å²) >= 11 is 0. The Kier molecular flexibility index (Phi) is 6.49. The minimum atomic E-state index is -0.904. The van der Waals surface area contributed by atoms with Crippen LogP contribution in [0.4, 0.5) is 15.8 Å². The Morgan fingerprint density at radius 1 is 1.03 bits per heavy atom. The van der Waals surface area contributed by atoms with Gasteiger partial charge in [0.2, 0.25) is 11.8 Å². The highest BCUT2D eigenvalue weighted by Gasteiger charge is 2.25. The van der Waals surface area contributed by atoms with Crippen LogP contribution < -0.4 is 15.5 Å². The van der Waals surface area contributed by atoms with Crippen molar-refractivity contribution in [2.24, 2.45) is 0 Å². The molecule has 1 aromatic heterocycles. The molecule has 0 spiro atoms. The highest BCUT2D eigenvalue weighted by Crippen LogP contribution is 2.25. The van der Waals surface area contributed by atoms with Crippen molar-refractivity contribution in [1.29, 1.82) is 0 Å². The average Bonchev–Trinajstić information content (AvgIpc) is 3.50. The molecule has 0 bridgehead atoms. The number of carbonyl (C=O) groups excluding carboxylic acids is 3. The summed E-state index contributed by atoms with van der Waals surface area (Å²) in [5.74, 6) is -1.27. The predicted molar refractivity (Wildman–Crippen MR) is 136 cm³/mol. The smallest absolute Gasteiger partial charge is 0.251 e. The van der Waals surface area contributed by atoms with E-state index in [9.17, 15) is 18.8 Å². The number of para-hydroxylation sites is 1. The van der Waals surface area contributed by atoms with Gasteiger partial charge in [-0.3, -0.25) is 14.4 Å². The summed E-state index contributed by atoms with van der Waals surface area (Å²) in [7, 11) is 0. The number of nitrogens with one attached hydrogen (secondary N) is 3. The van der Waals surface area contributed by atoms with Gasteiger partial charge in [0.05, 0.1) is 0 Å². The number of anilines is 2. The van der Waals surface area contributed by atoms with Gasteiger partial charge in [0.1, 0.15) is 11.9 Å². The summed E-state index contributed by atoms with van der Waals surface area (Å²) in [6.45, 7) is 0.646. The maximum atomic E-state index is 13.4. The summed E-state index contributed by atoms with van der Waals surface area (Å²) in [6, 6.07) is 19.1. The van der Waals surface area contributed by atoms with E-state index in [4.69, 9.17) is 0 Å². The molecule has 1 aliphatic heterocycles. The number of hydrogen-bond acceptors (Lipinski definition) is 3. The molecule has 1 fully saturated rings. The first kappa shape index (κ1) is 23.3. The Balaban J connectivity index is 1.39. The van der Waals surface area contributed by atoms with Gasteiger partial charge in [-0.1, -0.05) is 24.3 Å². The Labute approximate surface area is 207 Å². The first-order chi connectivity index (χ1) is 17.5. The summed E-state index contributed by atoms with van der Waals surface area (Å²) in [6.07, 6.45) is 3.39.